The van der Waals surface area contributed by atoms with Gasteiger partial charge in [0.05, 0.1) is 17.6 Å². The van der Waals surface area contributed by atoms with Crippen LogP contribution in [0, 0.1) is 5.41 Å². The van der Waals surface area contributed by atoms with Crippen molar-refractivity contribution < 1.29 is 19.4 Å². The molecule has 4 nitrogen and oxygen atoms in total. The van der Waals surface area contributed by atoms with Crippen molar-refractivity contribution in [1.82, 2.24) is 0 Å². The molecule has 0 amide bonds. The van der Waals surface area contributed by atoms with E-state index < -0.39 is 11.0 Å². The predicted octanol–water partition coefficient (Wildman–Crippen LogP) is 2.84. The number of methoxy groups -OCH3 is 1. The van der Waals surface area contributed by atoms with Crippen molar-refractivity contribution in [3.63, 3.8) is 0 Å². The van der Waals surface area contributed by atoms with Crippen molar-refractivity contribution in [2.75, 3.05) is 20.3 Å². The third-order valence-corrected chi connectivity index (χ3v) is 4.30. The lowest BCUT2D eigenvalue weighted by molar-refractivity contribution is -0.173. The number of rotatable bonds is 7. The lowest BCUT2D eigenvalue weighted by Gasteiger charge is -2.43. The van der Waals surface area contributed by atoms with Gasteiger partial charge in [-0.2, -0.15) is 0 Å². The maximum atomic E-state index is 12.3. The van der Waals surface area contributed by atoms with Gasteiger partial charge in [-0.05, 0) is 52.9 Å². The SMILES string of the molecule is CCOC(=O)C1(C(C)(C)O)CC=C(CCCOC)CC1. The molecule has 4 heteroatoms. The van der Waals surface area contributed by atoms with Crippen LogP contribution in [0.25, 0.3) is 0 Å². The number of allylic oxidation sites excluding steroid dienone is 2. The molecular formula is C16H28O4. The van der Waals surface area contributed by atoms with Gasteiger partial charge < -0.3 is 14.6 Å². The first-order valence-corrected chi connectivity index (χ1v) is 7.44. The first kappa shape index (κ1) is 17.2. The molecule has 20 heavy (non-hydrogen) atoms. The summed E-state index contributed by atoms with van der Waals surface area (Å²) in [6, 6.07) is 0. The molecule has 1 unspecified atom stereocenters. The average Bonchev–Trinajstić information content (AvgIpc) is 2.39. The van der Waals surface area contributed by atoms with Gasteiger partial charge in [-0.25, -0.2) is 0 Å². The van der Waals surface area contributed by atoms with Gasteiger partial charge in [0.2, 0.25) is 0 Å². The number of aliphatic hydroxyl groups is 1. The van der Waals surface area contributed by atoms with Gasteiger partial charge in [0.25, 0.3) is 0 Å². The fraction of sp³-hybridized carbons (Fsp3) is 0.812. The van der Waals surface area contributed by atoms with E-state index in [4.69, 9.17) is 9.47 Å². The van der Waals surface area contributed by atoms with E-state index in [0.717, 1.165) is 25.9 Å². The Bertz CT molecular complexity index is 354. The number of ether oxygens (including phenoxy) is 2. The van der Waals surface area contributed by atoms with Crippen LogP contribution in [0.1, 0.15) is 52.9 Å². The van der Waals surface area contributed by atoms with Crippen molar-refractivity contribution >= 4 is 5.97 Å². The van der Waals surface area contributed by atoms with Gasteiger partial charge in [0, 0.05) is 13.7 Å². The van der Waals surface area contributed by atoms with Crippen LogP contribution < -0.4 is 0 Å². The van der Waals surface area contributed by atoms with Crippen LogP contribution in [0.4, 0.5) is 0 Å². The van der Waals surface area contributed by atoms with Crippen molar-refractivity contribution in [2.24, 2.45) is 5.41 Å². The van der Waals surface area contributed by atoms with E-state index >= 15 is 0 Å². The monoisotopic (exact) mass is 284 g/mol. The second-order valence-corrected chi connectivity index (χ2v) is 6.02. The maximum Gasteiger partial charge on any atom is 0.315 e. The van der Waals surface area contributed by atoms with Crippen molar-refractivity contribution in [3.05, 3.63) is 11.6 Å². The number of carbonyl (C=O) groups excluding carboxylic acids is 1. The van der Waals surface area contributed by atoms with Crippen LogP contribution in [0.5, 0.6) is 0 Å². The summed E-state index contributed by atoms with van der Waals surface area (Å²) in [5.41, 5.74) is -0.534. The highest BCUT2D eigenvalue weighted by atomic mass is 16.5. The second-order valence-electron chi connectivity index (χ2n) is 6.02. The zero-order valence-electron chi connectivity index (χ0n) is 13.2. The van der Waals surface area contributed by atoms with Gasteiger partial charge in [-0.15, -0.1) is 0 Å². The van der Waals surface area contributed by atoms with E-state index in [-0.39, 0.29) is 5.97 Å². The summed E-state index contributed by atoms with van der Waals surface area (Å²) in [4.78, 5) is 12.3. The Balaban J connectivity index is 2.78. The number of esters is 1. The van der Waals surface area contributed by atoms with Crippen molar-refractivity contribution in [1.29, 1.82) is 0 Å². The lowest BCUT2D eigenvalue weighted by atomic mass is 9.65. The molecule has 0 heterocycles. The fourth-order valence-corrected chi connectivity index (χ4v) is 2.83. The summed E-state index contributed by atoms with van der Waals surface area (Å²) in [6.07, 6.45) is 6.14. The topological polar surface area (TPSA) is 55.8 Å². The van der Waals surface area contributed by atoms with Crippen LogP contribution in [-0.2, 0) is 14.3 Å². The summed E-state index contributed by atoms with van der Waals surface area (Å²) in [7, 11) is 1.70. The van der Waals surface area contributed by atoms with Crippen molar-refractivity contribution in [2.45, 2.75) is 58.5 Å². The van der Waals surface area contributed by atoms with Gasteiger partial charge in [-0.1, -0.05) is 11.6 Å². The first-order chi connectivity index (χ1) is 9.37. The smallest absolute Gasteiger partial charge is 0.315 e. The largest absolute Gasteiger partial charge is 0.465 e. The summed E-state index contributed by atoms with van der Waals surface area (Å²) in [6.45, 7) is 6.30. The Labute approximate surface area is 122 Å². The fourth-order valence-electron chi connectivity index (χ4n) is 2.83. The molecule has 0 fully saturated rings. The molecule has 0 saturated carbocycles. The van der Waals surface area contributed by atoms with Gasteiger partial charge in [0.15, 0.2) is 0 Å². The molecule has 1 aliphatic rings. The minimum Gasteiger partial charge on any atom is -0.465 e. The molecule has 1 aliphatic carbocycles. The summed E-state index contributed by atoms with van der Waals surface area (Å²) >= 11 is 0. The highest BCUT2D eigenvalue weighted by molar-refractivity contribution is 5.79. The molecule has 0 aromatic heterocycles. The molecule has 0 aliphatic heterocycles. The third-order valence-electron chi connectivity index (χ3n) is 4.30. The zero-order chi connectivity index (χ0) is 15.2. The van der Waals surface area contributed by atoms with E-state index in [9.17, 15) is 9.90 Å². The van der Waals surface area contributed by atoms with E-state index in [1.54, 1.807) is 27.9 Å². The lowest BCUT2D eigenvalue weighted by Crippen LogP contribution is -2.51. The Kier molecular flexibility index (Phi) is 6.21. The first-order valence-electron chi connectivity index (χ1n) is 7.44. The molecule has 0 saturated heterocycles. The van der Waals surface area contributed by atoms with Crippen LogP contribution in [0.3, 0.4) is 0 Å². The Morgan fingerprint density at radius 1 is 1.50 bits per heavy atom. The molecule has 0 radical (unpaired) electrons. The molecule has 1 N–H and O–H groups in total. The second kappa shape index (κ2) is 7.23. The van der Waals surface area contributed by atoms with Crippen molar-refractivity contribution in [3.8, 4) is 0 Å². The minimum absolute atomic E-state index is 0.278. The quantitative estimate of drug-likeness (QED) is 0.444. The average molecular weight is 284 g/mol. The van der Waals surface area contributed by atoms with Gasteiger partial charge in [0.1, 0.15) is 0 Å². The van der Waals surface area contributed by atoms with Crippen LogP contribution in [0.15, 0.2) is 11.6 Å². The summed E-state index contributed by atoms with van der Waals surface area (Å²) in [5, 5.41) is 10.4. The molecule has 1 atom stereocenters. The van der Waals surface area contributed by atoms with Crippen LogP contribution in [0.2, 0.25) is 0 Å². The minimum atomic E-state index is -1.08. The zero-order valence-corrected chi connectivity index (χ0v) is 13.2. The van der Waals surface area contributed by atoms with Gasteiger partial charge >= 0.3 is 5.97 Å². The molecule has 116 valence electrons. The summed E-state index contributed by atoms with van der Waals surface area (Å²) in [5.74, 6) is -0.278. The van der Waals surface area contributed by atoms with E-state index in [0.29, 0.717) is 19.4 Å². The molecular weight excluding hydrogens is 256 g/mol. The van der Waals surface area contributed by atoms with Crippen LogP contribution >= 0.6 is 0 Å². The van der Waals surface area contributed by atoms with E-state index in [1.807, 2.05) is 0 Å². The normalized spacial score (nSPS) is 23.4. The van der Waals surface area contributed by atoms with E-state index in [1.165, 1.54) is 5.57 Å². The Morgan fingerprint density at radius 3 is 2.65 bits per heavy atom. The molecule has 0 aromatic rings. The maximum absolute atomic E-state index is 12.3. The third kappa shape index (κ3) is 3.83. The molecule has 0 bridgehead atoms. The highest BCUT2D eigenvalue weighted by Crippen LogP contribution is 2.45. The number of hydrogen-bond donors (Lipinski definition) is 1. The van der Waals surface area contributed by atoms with Gasteiger partial charge in [-0.3, -0.25) is 4.79 Å². The standard InChI is InChI=1S/C16H28O4/c1-5-20-14(17)16(15(2,3)18)10-8-13(9-11-16)7-6-12-19-4/h8,18H,5-7,9-12H2,1-4H3. The Morgan fingerprint density at radius 2 is 2.20 bits per heavy atom. The molecule has 0 spiro atoms. The van der Waals surface area contributed by atoms with E-state index in [2.05, 4.69) is 6.08 Å². The number of hydrogen-bond acceptors (Lipinski definition) is 4. The number of carbonyl (C=O) groups is 1. The highest BCUT2D eigenvalue weighted by Gasteiger charge is 2.51. The predicted molar refractivity (Wildman–Crippen MR) is 78.4 cm³/mol. The summed E-state index contributed by atoms with van der Waals surface area (Å²) < 4.78 is 10.3. The molecule has 0 aromatic carbocycles. The molecule has 1 rings (SSSR count). The van der Waals surface area contributed by atoms with Crippen LogP contribution in [-0.4, -0.2) is 37.0 Å². The Hall–Kier alpha value is -0.870.